The lowest BCUT2D eigenvalue weighted by atomic mass is 10.5. The number of hydrogen-bond donors (Lipinski definition) is 0. The van der Waals surface area contributed by atoms with Gasteiger partial charge < -0.3 is 9.05 Å². The van der Waals surface area contributed by atoms with Crippen LogP contribution in [-0.4, -0.2) is 20.5 Å². The molecule has 0 bridgehead atoms. The zero-order valence-electron chi connectivity index (χ0n) is 4.68. The third-order valence-corrected chi connectivity index (χ3v) is 0.904. The smallest absolute Gasteiger partial charge is 0.282 e. The van der Waals surface area contributed by atoms with Gasteiger partial charge in [-0.1, -0.05) is 5.16 Å². The Hall–Kier alpha value is -1.72. The van der Waals surface area contributed by atoms with Gasteiger partial charge in [0.15, 0.2) is 12.0 Å². The Morgan fingerprint density at radius 3 is 3.10 bits per heavy atom. The second kappa shape index (κ2) is 1.90. The maximum Gasteiger partial charge on any atom is 0.282 e. The molecular weight excluding hydrogens is 136 g/mol. The van der Waals surface area contributed by atoms with Crippen molar-refractivity contribution in [2.75, 3.05) is 0 Å². The fourth-order valence-electron chi connectivity index (χ4n) is 0.512. The predicted octanol–water partition coefficient (Wildman–Crippen LogP) is -0.0802. The summed E-state index contributed by atoms with van der Waals surface area (Å²) in [6.45, 7) is 0. The van der Waals surface area contributed by atoms with Gasteiger partial charge in [0.05, 0.1) is 0 Å². The van der Waals surface area contributed by atoms with Gasteiger partial charge in [-0.05, 0) is 0 Å². The van der Waals surface area contributed by atoms with Crippen LogP contribution in [0.15, 0.2) is 15.3 Å². The molecule has 1 radical (unpaired) electrons. The first-order valence-corrected chi connectivity index (χ1v) is 2.44. The highest BCUT2D eigenvalue weighted by atomic mass is 16.5. The van der Waals surface area contributed by atoms with Crippen LogP contribution in [0, 0.1) is 6.33 Å². The van der Waals surface area contributed by atoms with Gasteiger partial charge in [0.2, 0.25) is 6.33 Å². The van der Waals surface area contributed by atoms with E-state index in [0.29, 0.717) is 5.69 Å². The summed E-state index contributed by atoms with van der Waals surface area (Å²) in [6.07, 6.45) is 3.55. The first-order chi connectivity index (χ1) is 4.97. The standard InChI is InChI=1S/C4HN4O2/c1-3(7-8-9-1)4-5-2-6-10-4/h1H. The molecule has 0 N–H and O–H groups in total. The maximum atomic E-state index is 4.60. The normalized spacial score (nSPS) is 10.0. The average Bonchev–Trinajstić information content (AvgIpc) is 2.59. The quantitative estimate of drug-likeness (QED) is 0.547. The molecular formula is C4HN4O2. The Labute approximate surface area is 54.8 Å². The summed E-state index contributed by atoms with van der Waals surface area (Å²) in [5.41, 5.74) is 0.411. The molecule has 0 aliphatic heterocycles. The van der Waals surface area contributed by atoms with Crippen molar-refractivity contribution in [2.45, 2.75) is 0 Å². The molecule has 0 aromatic carbocycles. The van der Waals surface area contributed by atoms with Crippen LogP contribution in [0.1, 0.15) is 0 Å². The summed E-state index contributed by atoms with van der Waals surface area (Å²) >= 11 is 0. The van der Waals surface area contributed by atoms with Crippen molar-refractivity contribution in [1.82, 2.24) is 20.5 Å². The van der Waals surface area contributed by atoms with E-state index in [1.807, 2.05) is 0 Å². The van der Waals surface area contributed by atoms with E-state index in [-0.39, 0.29) is 5.89 Å². The van der Waals surface area contributed by atoms with Gasteiger partial charge in [-0.3, -0.25) is 0 Å². The SMILES string of the molecule is [c]1noc(-c2conn2)n1. The van der Waals surface area contributed by atoms with Gasteiger partial charge in [-0.2, -0.15) is 4.98 Å². The minimum absolute atomic E-state index is 0.251. The Morgan fingerprint density at radius 2 is 2.50 bits per heavy atom. The third kappa shape index (κ3) is 0.661. The molecule has 2 heterocycles. The molecule has 49 valence electrons. The van der Waals surface area contributed by atoms with E-state index in [0.717, 1.165) is 0 Å². The van der Waals surface area contributed by atoms with Crippen LogP contribution in [0.5, 0.6) is 0 Å². The zero-order valence-corrected chi connectivity index (χ0v) is 4.68. The van der Waals surface area contributed by atoms with Crippen molar-refractivity contribution in [3.8, 4) is 11.6 Å². The van der Waals surface area contributed by atoms with Crippen LogP contribution in [0.3, 0.4) is 0 Å². The molecule has 0 unspecified atom stereocenters. The molecule has 0 amide bonds. The zero-order chi connectivity index (χ0) is 6.81. The molecule has 6 heteroatoms. The first-order valence-electron chi connectivity index (χ1n) is 2.44. The van der Waals surface area contributed by atoms with Gasteiger partial charge >= 0.3 is 0 Å². The maximum absolute atomic E-state index is 4.60. The lowest BCUT2D eigenvalue weighted by molar-refractivity contribution is 0.392. The minimum Gasteiger partial charge on any atom is -0.345 e. The second-order valence-electron chi connectivity index (χ2n) is 1.49. The second-order valence-corrected chi connectivity index (χ2v) is 1.49. The third-order valence-electron chi connectivity index (χ3n) is 0.904. The number of rotatable bonds is 1. The van der Waals surface area contributed by atoms with Crippen LogP contribution in [0.2, 0.25) is 0 Å². The van der Waals surface area contributed by atoms with Crippen molar-refractivity contribution in [1.29, 1.82) is 0 Å². The summed E-state index contributed by atoms with van der Waals surface area (Å²) in [4.78, 5) is 3.59. The lowest BCUT2D eigenvalue weighted by Gasteiger charge is -1.75. The molecule has 0 aliphatic carbocycles. The van der Waals surface area contributed by atoms with E-state index in [4.69, 9.17) is 0 Å². The highest BCUT2D eigenvalue weighted by Gasteiger charge is 2.06. The summed E-state index contributed by atoms with van der Waals surface area (Å²) in [5.74, 6) is 0.251. The fraction of sp³-hybridized carbons (Fsp3) is 0. The Bertz CT molecular complexity index is 255. The topological polar surface area (TPSA) is 77.8 Å². The molecule has 0 fully saturated rings. The number of aromatic nitrogens is 4. The Kier molecular flexibility index (Phi) is 0.970. The lowest BCUT2D eigenvalue weighted by Crippen LogP contribution is -1.75. The molecule has 2 rings (SSSR count). The van der Waals surface area contributed by atoms with Crippen molar-refractivity contribution in [3.05, 3.63) is 12.6 Å². The fourth-order valence-corrected chi connectivity index (χ4v) is 0.512. The van der Waals surface area contributed by atoms with Crippen LogP contribution >= 0.6 is 0 Å². The van der Waals surface area contributed by atoms with E-state index in [1.165, 1.54) is 6.26 Å². The van der Waals surface area contributed by atoms with Crippen LogP contribution in [-0.2, 0) is 0 Å². The predicted molar refractivity (Wildman–Crippen MR) is 26.4 cm³/mol. The van der Waals surface area contributed by atoms with Crippen molar-refractivity contribution in [3.63, 3.8) is 0 Å². The molecule has 0 saturated heterocycles. The van der Waals surface area contributed by atoms with Gasteiger partial charge in [-0.25, -0.2) is 0 Å². The minimum atomic E-state index is 0.251. The molecule has 2 aromatic rings. The van der Waals surface area contributed by atoms with E-state index in [9.17, 15) is 0 Å². The molecule has 6 nitrogen and oxygen atoms in total. The van der Waals surface area contributed by atoms with Crippen molar-refractivity contribution >= 4 is 0 Å². The Balaban J connectivity index is 2.48. The monoisotopic (exact) mass is 137 g/mol. The van der Waals surface area contributed by atoms with Crippen LogP contribution < -0.4 is 0 Å². The number of nitrogens with zero attached hydrogens (tertiary/aromatic N) is 4. The van der Waals surface area contributed by atoms with E-state index in [1.54, 1.807) is 0 Å². The molecule has 10 heavy (non-hydrogen) atoms. The van der Waals surface area contributed by atoms with Gasteiger partial charge in [0.1, 0.15) is 0 Å². The van der Waals surface area contributed by atoms with Gasteiger partial charge in [0, 0.05) is 5.27 Å². The van der Waals surface area contributed by atoms with Gasteiger partial charge in [0.25, 0.3) is 5.89 Å². The Morgan fingerprint density at radius 1 is 1.50 bits per heavy atom. The summed E-state index contributed by atoms with van der Waals surface area (Å²) in [5, 5.41) is 9.99. The molecule has 2 aromatic heterocycles. The van der Waals surface area contributed by atoms with Crippen molar-refractivity contribution < 1.29 is 9.05 Å². The highest BCUT2D eigenvalue weighted by Crippen LogP contribution is 2.09. The molecule has 0 saturated carbocycles. The van der Waals surface area contributed by atoms with Crippen molar-refractivity contribution in [2.24, 2.45) is 0 Å². The van der Waals surface area contributed by atoms with Gasteiger partial charge in [-0.15, -0.1) is 5.10 Å². The molecule has 0 aliphatic rings. The molecule has 0 atom stereocenters. The van der Waals surface area contributed by atoms with E-state index in [2.05, 4.69) is 35.9 Å². The highest BCUT2D eigenvalue weighted by molar-refractivity contribution is 5.41. The largest absolute Gasteiger partial charge is 0.345 e. The number of hydrogen-bond acceptors (Lipinski definition) is 6. The van der Waals surface area contributed by atoms with E-state index < -0.39 is 0 Å². The van der Waals surface area contributed by atoms with Crippen LogP contribution in [0.4, 0.5) is 0 Å². The average molecular weight is 137 g/mol. The summed E-state index contributed by atoms with van der Waals surface area (Å²) in [7, 11) is 0. The van der Waals surface area contributed by atoms with Crippen LogP contribution in [0.25, 0.3) is 11.6 Å². The molecule has 0 spiro atoms. The first kappa shape index (κ1) is 5.10. The summed E-state index contributed by atoms with van der Waals surface area (Å²) < 4.78 is 9.03. The summed E-state index contributed by atoms with van der Waals surface area (Å²) in [6, 6.07) is 0. The van der Waals surface area contributed by atoms with E-state index >= 15 is 0 Å².